The third kappa shape index (κ3) is 6.83. The van der Waals surface area contributed by atoms with Crippen LogP contribution in [-0.4, -0.2) is 38.9 Å². The van der Waals surface area contributed by atoms with Crippen molar-refractivity contribution in [1.82, 2.24) is 5.43 Å². The van der Waals surface area contributed by atoms with Crippen LogP contribution in [0.4, 0.5) is 0 Å². The second-order valence-corrected chi connectivity index (χ2v) is 6.93. The molecule has 0 aliphatic heterocycles. The molecule has 8 heteroatoms. The van der Waals surface area contributed by atoms with E-state index in [1.165, 1.54) is 20.4 Å². The molecule has 0 radical (unpaired) electrons. The monoisotopic (exact) mass is 448 g/mol. The van der Waals surface area contributed by atoms with Crippen LogP contribution < -0.4 is 24.4 Å². The topological polar surface area (TPSA) is 95.5 Å². The molecule has 0 bridgehead atoms. The van der Waals surface area contributed by atoms with E-state index in [0.717, 1.165) is 5.56 Å². The highest BCUT2D eigenvalue weighted by atomic mass is 16.5. The zero-order chi connectivity index (χ0) is 23.6. The second kappa shape index (κ2) is 11.3. The molecule has 8 nitrogen and oxygen atoms in total. The number of carbonyl (C=O) groups is 2. The smallest absolute Gasteiger partial charge is 0.343 e. The van der Waals surface area contributed by atoms with E-state index in [1.807, 2.05) is 25.1 Å². The summed E-state index contributed by atoms with van der Waals surface area (Å²) in [6.45, 7) is 1.80. The van der Waals surface area contributed by atoms with Gasteiger partial charge >= 0.3 is 5.97 Å². The van der Waals surface area contributed by atoms with Gasteiger partial charge in [-0.3, -0.25) is 4.79 Å². The molecule has 0 atom stereocenters. The van der Waals surface area contributed by atoms with Crippen molar-refractivity contribution in [3.05, 3.63) is 83.4 Å². The molecule has 0 spiro atoms. The van der Waals surface area contributed by atoms with Crippen molar-refractivity contribution in [2.24, 2.45) is 5.10 Å². The van der Waals surface area contributed by atoms with E-state index < -0.39 is 5.97 Å². The summed E-state index contributed by atoms with van der Waals surface area (Å²) < 4.78 is 21.2. The number of carbonyl (C=O) groups excluding carboxylic acids is 2. The molecule has 3 rings (SSSR count). The summed E-state index contributed by atoms with van der Waals surface area (Å²) >= 11 is 0. The van der Waals surface area contributed by atoms with Gasteiger partial charge in [-0.2, -0.15) is 5.10 Å². The number of hydrazone groups is 1. The van der Waals surface area contributed by atoms with Gasteiger partial charge < -0.3 is 18.9 Å². The van der Waals surface area contributed by atoms with Crippen LogP contribution in [-0.2, 0) is 4.79 Å². The number of nitrogens with zero attached hydrogens (tertiary/aromatic N) is 1. The average Bonchev–Trinajstić information content (AvgIpc) is 2.83. The molecule has 0 aliphatic rings. The molecule has 0 fully saturated rings. The lowest BCUT2D eigenvalue weighted by Gasteiger charge is -2.09. The van der Waals surface area contributed by atoms with Crippen LogP contribution >= 0.6 is 0 Å². The van der Waals surface area contributed by atoms with E-state index in [9.17, 15) is 9.59 Å². The molecule has 1 N–H and O–H groups in total. The minimum Gasteiger partial charge on any atom is -0.493 e. The maximum Gasteiger partial charge on any atom is 0.343 e. The predicted molar refractivity (Wildman–Crippen MR) is 123 cm³/mol. The van der Waals surface area contributed by atoms with Crippen molar-refractivity contribution < 1.29 is 28.5 Å². The Balaban J connectivity index is 1.50. The maximum atomic E-state index is 12.4. The van der Waals surface area contributed by atoms with Crippen molar-refractivity contribution in [2.45, 2.75) is 6.92 Å². The fraction of sp³-hybridized carbons (Fsp3) is 0.160. The zero-order valence-electron chi connectivity index (χ0n) is 18.5. The average molecular weight is 448 g/mol. The van der Waals surface area contributed by atoms with Gasteiger partial charge in [0.2, 0.25) is 0 Å². The van der Waals surface area contributed by atoms with E-state index in [-0.39, 0.29) is 12.5 Å². The predicted octanol–water partition coefficient (Wildman–Crippen LogP) is 3.76. The highest BCUT2D eigenvalue weighted by Crippen LogP contribution is 2.28. The Bertz CT molecular complexity index is 1140. The van der Waals surface area contributed by atoms with Gasteiger partial charge in [-0.05, 0) is 72.6 Å². The van der Waals surface area contributed by atoms with Crippen LogP contribution in [0.1, 0.15) is 21.5 Å². The Morgan fingerprint density at radius 2 is 1.67 bits per heavy atom. The molecule has 0 saturated carbocycles. The van der Waals surface area contributed by atoms with E-state index in [4.69, 9.17) is 18.9 Å². The number of amides is 1. The van der Waals surface area contributed by atoms with E-state index in [1.54, 1.807) is 48.5 Å². The van der Waals surface area contributed by atoms with Gasteiger partial charge in [0.25, 0.3) is 5.91 Å². The number of methoxy groups -OCH3 is 2. The molecule has 0 aromatic heterocycles. The third-order valence-electron chi connectivity index (χ3n) is 4.47. The Labute approximate surface area is 191 Å². The van der Waals surface area contributed by atoms with Crippen LogP contribution in [0.5, 0.6) is 23.0 Å². The fourth-order valence-corrected chi connectivity index (χ4v) is 2.82. The summed E-state index contributed by atoms with van der Waals surface area (Å²) in [4.78, 5) is 24.3. The molecule has 170 valence electrons. The lowest BCUT2D eigenvalue weighted by atomic mass is 10.2. The fourth-order valence-electron chi connectivity index (χ4n) is 2.82. The first-order valence-corrected chi connectivity index (χ1v) is 10.0. The van der Waals surface area contributed by atoms with Crippen LogP contribution in [0.25, 0.3) is 0 Å². The first-order valence-electron chi connectivity index (χ1n) is 10.0. The number of aryl methyl sites for hydroxylation is 1. The van der Waals surface area contributed by atoms with Gasteiger partial charge in [0.1, 0.15) is 11.5 Å². The number of benzene rings is 3. The first-order chi connectivity index (χ1) is 16.0. The van der Waals surface area contributed by atoms with Crippen LogP contribution in [0.3, 0.4) is 0 Å². The minimum absolute atomic E-state index is 0.147. The molecule has 0 saturated heterocycles. The lowest BCUT2D eigenvalue weighted by Crippen LogP contribution is -2.24. The molecule has 0 heterocycles. The molecule has 0 aliphatic carbocycles. The second-order valence-electron chi connectivity index (χ2n) is 6.93. The Morgan fingerprint density at radius 1 is 0.909 bits per heavy atom. The SMILES string of the molecule is COc1ccc(C(=O)Oc2ccc(/C=N\NC(=O)COc3cccc(C)c3)cc2)cc1OC. The highest BCUT2D eigenvalue weighted by Gasteiger charge is 2.13. The molecule has 1 amide bonds. The van der Waals surface area contributed by atoms with E-state index in [2.05, 4.69) is 10.5 Å². The normalized spacial score (nSPS) is 10.5. The number of esters is 1. The van der Waals surface area contributed by atoms with Crippen molar-refractivity contribution in [2.75, 3.05) is 20.8 Å². The van der Waals surface area contributed by atoms with Gasteiger partial charge in [0, 0.05) is 0 Å². The van der Waals surface area contributed by atoms with Gasteiger partial charge in [0.05, 0.1) is 26.0 Å². The number of hydrogen-bond acceptors (Lipinski definition) is 7. The van der Waals surface area contributed by atoms with E-state index in [0.29, 0.717) is 34.1 Å². The summed E-state index contributed by atoms with van der Waals surface area (Å²) in [7, 11) is 3.01. The van der Waals surface area contributed by atoms with Gasteiger partial charge in [-0.1, -0.05) is 12.1 Å². The van der Waals surface area contributed by atoms with Crippen molar-refractivity contribution in [3.63, 3.8) is 0 Å². The molecule has 33 heavy (non-hydrogen) atoms. The Morgan fingerprint density at radius 3 is 2.36 bits per heavy atom. The Kier molecular flexibility index (Phi) is 8.02. The van der Waals surface area contributed by atoms with Crippen LogP contribution in [0.2, 0.25) is 0 Å². The summed E-state index contributed by atoms with van der Waals surface area (Å²) in [6.07, 6.45) is 1.48. The summed E-state index contributed by atoms with van der Waals surface area (Å²) in [6, 6.07) is 18.9. The number of hydrogen-bond donors (Lipinski definition) is 1. The lowest BCUT2D eigenvalue weighted by molar-refractivity contribution is -0.123. The number of ether oxygens (including phenoxy) is 4. The molecular formula is C25H24N2O6. The molecule has 3 aromatic carbocycles. The van der Waals surface area contributed by atoms with E-state index >= 15 is 0 Å². The third-order valence-corrected chi connectivity index (χ3v) is 4.47. The molecular weight excluding hydrogens is 424 g/mol. The van der Waals surface area contributed by atoms with Crippen LogP contribution in [0, 0.1) is 6.92 Å². The van der Waals surface area contributed by atoms with Crippen molar-refractivity contribution in [3.8, 4) is 23.0 Å². The molecule has 0 unspecified atom stereocenters. The summed E-state index contributed by atoms with van der Waals surface area (Å²) in [5.41, 5.74) is 4.48. The first kappa shape index (κ1) is 23.3. The Hall–Kier alpha value is -4.33. The van der Waals surface area contributed by atoms with Gasteiger partial charge in [0.15, 0.2) is 18.1 Å². The zero-order valence-corrected chi connectivity index (χ0v) is 18.5. The largest absolute Gasteiger partial charge is 0.493 e. The standard InChI is InChI=1S/C25H24N2O6/c1-17-5-4-6-21(13-17)32-16-24(28)27-26-15-18-7-10-20(11-8-18)33-25(29)19-9-12-22(30-2)23(14-19)31-3/h4-15H,16H2,1-3H3,(H,27,28)/b26-15-. The summed E-state index contributed by atoms with van der Waals surface area (Å²) in [5, 5.41) is 3.91. The van der Waals surface area contributed by atoms with Crippen LogP contribution in [0.15, 0.2) is 71.8 Å². The number of rotatable bonds is 9. The van der Waals surface area contributed by atoms with Crippen molar-refractivity contribution in [1.29, 1.82) is 0 Å². The quantitative estimate of drug-likeness (QED) is 0.232. The molecule has 3 aromatic rings. The van der Waals surface area contributed by atoms with Gasteiger partial charge in [-0.25, -0.2) is 10.2 Å². The minimum atomic E-state index is -0.529. The summed E-state index contributed by atoms with van der Waals surface area (Å²) in [5.74, 6) is 1.03. The maximum absolute atomic E-state index is 12.4. The number of nitrogens with one attached hydrogen (secondary N) is 1. The highest BCUT2D eigenvalue weighted by molar-refractivity contribution is 5.92. The van der Waals surface area contributed by atoms with Gasteiger partial charge in [-0.15, -0.1) is 0 Å². The van der Waals surface area contributed by atoms with Crippen molar-refractivity contribution >= 4 is 18.1 Å².